The van der Waals surface area contributed by atoms with E-state index < -0.39 is 6.04 Å². The van der Waals surface area contributed by atoms with E-state index in [4.69, 9.17) is 10.5 Å². The Balaban J connectivity index is 2.15. The molecule has 1 aromatic carbocycles. The van der Waals surface area contributed by atoms with Crippen molar-refractivity contribution in [2.75, 3.05) is 13.7 Å². The van der Waals surface area contributed by atoms with E-state index in [0.29, 0.717) is 24.5 Å². The number of carbonyl (C=O) groups is 2. The molecule has 0 bridgehead atoms. The number of aromatic nitrogens is 2. The third-order valence-corrected chi connectivity index (χ3v) is 3.73. The minimum atomic E-state index is -0.479. The monoisotopic (exact) mass is 345 g/mol. The maximum atomic E-state index is 12.3. The summed E-state index contributed by atoms with van der Waals surface area (Å²) >= 11 is 0. The predicted octanol–water partition coefficient (Wildman–Crippen LogP) is 1.08. The highest BCUT2D eigenvalue weighted by atomic mass is 16.5. The van der Waals surface area contributed by atoms with Crippen LogP contribution in [0.5, 0.6) is 5.75 Å². The minimum absolute atomic E-state index is 0.232. The fourth-order valence-electron chi connectivity index (χ4n) is 2.49. The number of amides is 3. The number of para-hydroxylation sites is 1. The predicted molar refractivity (Wildman–Crippen MR) is 93.0 cm³/mol. The van der Waals surface area contributed by atoms with Crippen molar-refractivity contribution < 1.29 is 14.3 Å². The van der Waals surface area contributed by atoms with E-state index >= 15 is 0 Å². The first-order chi connectivity index (χ1) is 12.0. The summed E-state index contributed by atoms with van der Waals surface area (Å²) in [7, 11) is 3.44. The van der Waals surface area contributed by atoms with Gasteiger partial charge >= 0.3 is 6.03 Å². The van der Waals surface area contributed by atoms with Gasteiger partial charge in [0.2, 0.25) is 5.91 Å². The van der Waals surface area contributed by atoms with Crippen LogP contribution < -0.4 is 21.1 Å². The molecule has 0 saturated carbocycles. The molecule has 0 spiro atoms. The molecule has 0 aliphatic rings. The molecule has 1 heterocycles. The number of nitrogens with one attached hydrogen (secondary N) is 2. The van der Waals surface area contributed by atoms with Crippen LogP contribution >= 0.6 is 0 Å². The van der Waals surface area contributed by atoms with Crippen molar-refractivity contribution >= 4 is 11.9 Å². The summed E-state index contributed by atoms with van der Waals surface area (Å²) in [6, 6.07) is 6.61. The van der Waals surface area contributed by atoms with Crippen LogP contribution in [0.15, 0.2) is 36.7 Å². The van der Waals surface area contributed by atoms with E-state index in [0.717, 1.165) is 5.56 Å². The largest absolute Gasteiger partial charge is 0.496 e. The molecule has 25 heavy (non-hydrogen) atoms. The molecule has 0 aliphatic heterocycles. The van der Waals surface area contributed by atoms with Crippen molar-refractivity contribution in [1.82, 2.24) is 20.2 Å². The maximum Gasteiger partial charge on any atom is 0.315 e. The Morgan fingerprint density at radius 2 is 2.12 bits per heavy atom. The normalized spacial score (nSPS) is 11.6. The Morgan fingerprint density at radius 3 is 2.76 bits per heavy atom. The zero-order chi connectivity index (χ0) is 18.2. The highest BCUT2D eigenvalue weighted by Crippen LogP contribution is 2.28. The van der Waals surface area contributed by atoms with Gasteiger partial charge in [0, 0.05) is 38.0 Å². The van der Waals surface area contributed by atoms with E-state index in [2.05, 4.69) is 15.6 Å². The van der Waals surface area contributed by atoms with E-state index in [1.807, 2.05) is 42.1 Å². The Bertz CT molecular complexity index is 729. The van der Waals surface area contributed by atoms with E-state index in [9.17, 15) is 9.59 Å². The number of primary amides is 1. The molecule has 2 aromatic rings. The van der Waals surface area contributed by atoms with E-state index in [1.165, 1.54) is 0 Å². The second kappa shape index (κ2) is 8.72. The lowest BCUT2D eigenvalue weighted by molar-refractivity contribution is -0.118. The van der Waals surface area contributed by atoms with Gasteiger partial charge in [0.25, 0.3) is 0 Å². The standard InChI is InChI=1S/C17H23N5O3/c1-22-11-10-19-16(22)15(12-6-3-4-7-13(12)25-2)21-17(24)20-9-5-8-14(18)23/h3-4,6-7,10-11,15H,5,8-9H2,1-2H3,(H2,18,23)(H2,20,21,24)/t15-/m0/s1. The van der Waals surface area contributed by atoms with Gasteiger partial charge in [-0.2, -0.15) is 0 Å². The lowest BCUT2D eigenvalue weighted by Gasteiger charge is -2.21. The fraction of sp³-hybridized carbons (Fsp3) is 0.353. The number of nitrogens with two attached hydrogens (primary N) is 1. The Labute approximate surface area is 146 Å². The Kier molecular flexibility index (Phi) is 6.39. The molecule has 0 unspecified atom stereocenters. The van der Waals surface area contributed by atoms with Gasteiger partial charge in [0.1, 0.15) is 17.6 Å². The van der Waals surface area contributed by atoms with E-state index in [-0.39, 0.29) is 18.4 Å². The van der Waals surface area contributed by atoms with Crippen molar-refractivity contribution in [2.45, 2.75) is 18.9 Å². The van der Waals surface area contributed by atoms with Crippen LogP contribution in [-0.4, -0.2) is 35.1 Å². The number of urea groups is 1. The summed E-state index contributed by atoms with van der Waals surface area (Å²) in [6.07, 6.45) is 4.20. The molecule has 1 aromatic heterocycles. The number of nitrogens with zero attached hydrogens (tertiary/aromatic N) is 2. The molecular weight excluding hydrogens is 322 g/mol. The van der Waals surface area contributed by atoms with Gasteiger partial charge in [-0.15, -0.1) is 0 Å². The number of hydrogen-bond acceptors (Lipinski definition) is 4. The SMILES string of the molecule is COc1ccccc1[C@H](NC(=O)NCCCC(N)=O)c1nccn1C. The Hall–Kier alpha value is -3.03. The zero-order valence-corrected chi connectivity index (χ0v) is 14.4. The van der Waals surface area contributed by atoms with Gasteiger partial charge in [-0.05, 0) is 12.5 Å². The molecule has 0 aliphatic carbocycles. The first-order valence-corrected chi connectivity index (χ1v) is 7.95. The first-order valence-electron chi connectivity index (χ1n) is 7.95. The van der Waals surface area contributed by atoms with E-state index in [1.54, 1.807) is 13.3 Å². The van der Waals surface area contributed by atoms with Crippen LogP contribution in [0.2, 0.25) is 0 Å². The zero-order valence-electron chi connectivity index (χ0n) is 14.4. The van der Waals surface area contributed by atoms with Crippen LogP contribution in [-0.2, 0) is 11.8 Å². The summed E-state index contributed by atoms with van der Waals surface area (Å²) in [5, 5.41) is 5.63. The smallest absolute Gasteiger partial charge is 0.315 e. The molecule has 0 radical (unpaired) electrons. The molecular formula is C17H23N5O3. The van der Waals surface area contributed by atoms with Gasteiger partial charge in [-0.1, -0.05) is 18.2 Å². The lowest BCUT2D eigenvalue weighted by atomic mass is 10.0. The summed E-state index contributed by atoms with van der Waals surface area (Å²) < 4.78 is 7.25. The van der Waals surface area contributed by atoms with Gasteiger partial charge in [0.15, 0.2) is 0 Å². The number of methoxy groups -OCH3 is 1. The third kappa shape index (κ3) is 4.97. The number of rotatable bonds is 8. The van der Waals surface area contributed by atoms with Crippen molar-refractivity contribution in [3.05, 3.63) is 48.0 Å². The summed E-state index contributed by atoms with van der Waals surface area (Å²) in [5.74, 6) is 0.948. The second-order valence-electron chi connectivity index (χ2n) is 5.54. The summed E-state index contributed by atoms with van der Waals surface area (Å²) in [5.41, 5.74) is 5.88. The van der Waals surface area contributed by atoms with Crippen LogP contribution in [0, 0.1) is 0 Å². The van der Waals surface area contributed by atoms with Crippen LogP contribution in [0.4, 0.5) is 4.79 Å². The lowest BCUT2D eigenvalue weighted by Crippen LogP contribution is -2.40. The van der Waals surface area contributed by atoms with Crippen LogP contribution in [0.25, 0.3) is 0 Å². The first kappa shape index (κ1) is 18.3. The molecule has 0 saturated heterocycles. The molecule has 1 atom stereocenters. The van der Waals surface area contributed by atoms with Gasteiger partial charge < -0.3 is 25.7 Å². The topological polar surface area (TPSA) is 111 Å². The average Bonchev–Trinajstić information content (AvgIpc) is 3.02. The number of ether oxygens (including phenoxy) is 1. The van der Waals surface area contributed by atoms with Crippen LogP contribution in [0.3, 0.4) is 0 Å². The van der Waals surface area contributed by atoms with Crippen molar-refractivity contribution in [1.29, 1.82) is 0 Å². The Morgan fingerprint density at radius 1 is 1.36 bits per heavy atom. The maximum absolute atomic E-state index is 12.3. The number of benzene rings is 1. The minimum Gasteiger partial charge on any atom is -0.496 e. The molecule has 8 nitrogen and oxygen atoms in total. The molecule has 8 heteroatoms. The summed E-state index contributed by atoms with van der Waals surface area (Å²) in [6.45, 7) is 0.355. The third-order valence-electron chi connectivity index (χ3n) is 3.73. The van der Waals surface area contributed by atoms with Gasteiger partial charge in [0.05, 0.1) is 7.11 Å². The number of aryl methyl sites for hydroxylation is 1. The molecule has 3 amide bonds. The van der Waals surface area contributed by atoms with Crippen molar-refractivity contribution in [2.24, 2.45) is 12.8 Å². The van der Waals surface area contributed by atoms with Crippen LogP contribution in [0.1, 0.15) is 30.3 Å². The number of imidazole rings is 1. The fourth-order valence-corrected chi connectivity index (χ4v) is 2.49. The highest BCUT2D eigenvalue weighted by molar-refractivity contribution is 5.75. The average molecular weight is 345 g/mol. The molecule has 0 fully saturated rings. The van der Waals surface area contributed by atoms with Gasteiger partial charge in [-0.25, -0.2) is 9.78 Å². The highest BCUT2D eigenvalue weighted by Gasteiger charge is 2.23. The molecule has 2 rings (SSSR count). The van der Waals surface area contributed by atoms with Gasteiger partial charge in [-0.3, -0.25) is 4.79 Å². The summed E-state index contributed by atoms with van der Waals surface area (Å²) in [4.78, 5) is 27.3. The molecule has 4 N–H and O–H groups in total. The molecule has 134 valence electrons. The van der Waals surface area contributed by atoms with Crippen molar-refractivity contribution in [3.63, 3.8) is 0 Å². The van der Waals surface area contributed by atoms with Crippen molar-refractivity contribution in [3.8, 4) is 5.75 Å². The number of carbonyl (C=O) groups excluding carboxylic acids is 2. The quantitative estimate of drug-likeness (QED) is 0.622. The number of hydrogen-bond donors (Lipinski definition) is 3. The second-order valence-corrected chi connectivity index (χ2v) is 5.54.